The van der Waals surface area contributed by atoms with Gasteiger partial charge in [-0.2, -0.15) is 12.6 Å². The molecule has 0 bridgehead atoms. The van der Waals surface area contributed by atoms with E-state index in [0.717, 1.165) is 21.2 Å². The molecule has 3 rings (SSSR count). The van der Waals surface area contributed by atoms with Gasteiger partial charge in [0.15, 0.2) is 0 Å². The molecule has 0 saturated heterocycles. The Bertz CT molecular complexity index is 783. The summed E-state index contributed by atoms with van der Waals surface area (Å²) in [5.74, 6) is -0.447. The van der Waals surface area contributed by atoms with Crippen LogP contribution in [0, 0.1) is 0 Å². The van der Waals surface area contributed by atoms with E-state index in [1.165, 1.54) is 0 Å². The van der Waals surface area contributed by atoms with Crippen LogP contribution in [0.1, 0.15) is 13.3 Å². The molecule has 2 aromatic carbocycles. The molecule has 27 heavy (non-hydrogen) atoms. The lowest BCUT2D eigenvalue weighted by Gasteiger charge is -2.32. The fourth-order valence-electron chi connectivity index (χ4n) is 2.92. The Hall–Kier alpha value is -2.12. The highest BCUT2D eigenvalue weighted by Crippen LogP contribution is 2.47. The van der Waals surface area contributed by atoms with Crippen LogP contribution in [-0.2, 0) is 14.3 Å². The van der Waals surface area contributed by atoms with Crippen LogP contribution in [0.3, 0.4) is 0 Å². The van der Waals surface area contributed by atoms with Crippen LogP contribution in [0.2, 0.25) is 0 Å². The van der Waals surface area contributed by atoms with Gasteiger partial charge in [0.2, 0.25) is 5.91 Å². The zero-order chi connectivity index (χ0) is 19.2. The minimum atomic E-state index is -0.725. The molecule has 0 radical (unpaired) electrons. The van der Waals surface area contributed by atoms with Crippen molar-refractivity contribution in [3.63, 3.8) is 0 Å². The molecule has 1 N–H and O–H groups in total. The van der Waals surface area contributed by atoms with E-state index in [-0.39, 0.29) is 24.7 Å². The molecule has 0 aliphatic carbocycles. The van der Waals surface area contributed by atoms with Gasteiger partial charge in [-0.1, -0.05) is 36.0 Å². The number of carbonyl (C=O) groups is 2. The monoisotopic (exact) mass is 402 g/mol. The fourth-order valence-corrected chi connectivity index (χ4v) is 4.26. The van der Waals surface area contributed by atoms with Crippen LogP contribution in [-0.4, -0.2) is 36.8 Å². The number of esters is 1. The zero-order valence-corrected chi connectivity index (χ0v) is 16.8. The van der Waals surface area contributed by atoms with Gasteiger partial charge in [-0.05, 0) is 31.2 Å². The molecule has 7 heteroatoms. The Morgan fingerprint density at radius 3 is 2.26 bits per heavy atom. The molecule has 0 spiro atoms. The topological polar surface area (TPSA) is 58.6 Å². The predicted octanol–water partition coefficient (Wildman–Crippen LogP) is 3.66. The largest absolute Gasteiger partial charge is 0.464 e. The van der Waals surface area contributed by atoms with Gasteiger partial charge in [-0.3, -0.25) is 4.79 Å². The van der Waals surface area contributed by atoms with Crippen LogP contribution >= 0.6 is 24.4 Å². The van der Waals surface area contributed by atoms with Gasteiger partial charge in [0.05, 0.1) is 18.0 Å². The summed E-state index contributed by atoms with van der Waals surface area (Å²) in [6, 6.07) is 15.6. The Morgan fingerprint density at radius 2 is 1.70 bits per heavy atom. The third kappa shape index (κ3) is 4.59. The number of para-hydroxylation sites is 2. The van der Waals surface area contributed by atoms with Crippen molar-refractivity contribution in [1.82, 2.24) is 5.32 Å². The second-order valence-corrected chi connectivity index (χ2v) is 7.44. The van der Waals surface area contributed by atoms with E-state index in [1.54, 1.807) is 18.7 Å². The molecule has 2 aromatic rings. The Morgan fingerprint density at radius 1 is 1.11 bits per heavy atom. The average molecular weight is 403 g/mol. The van der Waals surface area contributed by atoms with Gasteiger partial charge in [0.25, 0.3) is 0 Å². The minimum Gasteiger partial charge on any atom is -0.464 e. The number of rotatable bonds is 7. The molecule has 0 unspecified atom stereocenters. The lowest BCUT2D eigenvalue weighted by molar-refractivity contribution is -0.146. The van der Waals surface area contributed by atoms with Gasteiger partial charge in [0, 0.05) is 28.5 Å². The molecule has 5 nitrogen and oxygen atoms in total. The summed E-state index contributed by atoms with van der Waals surface area (Å²) in [5, 5.41) is 2.72. The second-order valence-electron chi connectivity index (χ2n) is 5.99. The molecule has 0 fully saturated rings. The lowest BCUT2D eigenvalue weighted by Crippen LogP contribution is -2.44. The predicted molar refractivity (Wildman–Crippen MR) is 111 cm³/mol. The maximum Gasteiger partial charge on any atom is 0.329 e. The summed E-state index contributed by atoms with van der Waals surface area (Å²) in [6.45, 7) is 2.53. The number of amides is 1. The number of anilines is 2. The van der Waals surface area contributed by atoms with Crippen LogP contribution in [0.15, 0.2) is 58.3 Å². The molecule has 1 aliphatic heterocycles. The number of ether oxygens (including phenoxy) is 1. The third-order valence-electron chi connectivity index (χ3n) is 4.18. The molecular weight excluding hydrogens is 380 g/mol. The van der Waals surface area contributed by atoms with Crippen molar-refractivity contribution in [3.8, 4) is 0 Å². The standard InChI is InChI=1S/C20H22N2O3S2/c1-2-25-20(24)14(13-26)21-19(23)11-12-22-15-7-3-5-9-17(15)27-18-10-6-4-8-16(18)22/h3-10,14,26H,2,11-13H2,1H3,(H,21,23)/t14-/m0/s1. The number of benzene rings is 2. The van der Waals surface area contributed by atoms with Gasteiger partial charge >= 0.3 is 5.97 Å². The lowest BCUT2D eigenvalue weighted by atomic mass is 10.2. The van der Waals surface area contributed by atoms with Gasteiger partial charge < -0.3 is 15.0 Å². The number of hydrogen-bond acceptors (Lipinski definition) is 6. The first-order valence-corrected chi connectivity index (χ1v) is 10.3. The molecule has 0 saturated carbocycles. The van der Waals surface area contributed by atoms with Crippen molar-refractivity contribution in [1.29, 1.82) is 0 Å². The van der Waals surface area contributed by atoms with Crippen molar-refractivity contribution in [2.45, 2.75) is 29.2 Å². The van der Waals surface area contributed by atoms with Crippen LogP contribution in [0.25, 0.3) is 0 Å². The summed E-state index contributed by atoms with van der Waals surface area (Å²) in [4.78, 5) is 28.7. The summed E-state index contributed by atoms with van der Waals surface area (Å²) in [5.41, 5.74) is 2.18. The van der Waals surface area contributed by atoms with Crippen molar-refractivity contribution in [3.05, 3.63) is 48.5 Å². The number of thiol groups is 1. The third-order valence-corrected chi connectivity index (χ3v) is 5.68. The second kappa shape index (κ2) is 9.19. The zero-order valence-electron chi connectivity index (χ0n) is 15.1. The molecule has 142 valence electrons. The first-order chi connectivity index (χ1) is 13.1. The first-order valence-electron chi connectivity index (χ1n) is 8.84. The maximum absolute atomic E-state index is 12.4. The van der Waals surface area contributed by atoms with Crippen LogP contribution in [0.4, 0.5) is 11.4 Å². The number of fused-ring (bicyclic) bond motifs is 2. The van der Waals surface area contributed by atoms with Gasteiger partial charge in [0.1, 0.15) is 6.04 Å². The fraction of sp³-hybridized carbons (Fsp3) is 0.300. The number of nitrogens with one attached hydrogen (secondary N) is 1. The number of carbonyl (C=O) groups excluding carboxylic acids is 2. The molecule has 1 atom stereocenters. The molecule has 0 aromatic heterocycles. The van der Waals surface area contributed by atoms with E-state index in [0.29, 0.717) is 6.54 Å². The Labute approximate surface area is 168 Å². The highest BCUT2D eigenvalue weighted by Gasteiger charge is 2.24. The van der Waals surface area contributed by atoms with Crippen LogP contribution in [0.5, 0.6) is 0 Å². The summed E-state index contributed by atoms with van der Waals surface area (Å²) in [7, 11) is 0. The van der Waals surface area contributed by atoms with Gasteiger partial charge in [-0.25, -0.2) is 4.79 Å². The normalized spacial score (nSPS) is 13.3. The smallest absolute Gasteiger partial charge is 0.329 e. The highest BCUT2D eigenvalue weighted by molar-refractivity contribution is 7.99. The van der Waals surface area contributed by atoms with E-state index in [2.05, 4.69) is 47.1 Å². The van der Waals surface area contributed by atoms with E-state index in [1.807, 2.05) is 24.3 Å². The summed E-state index contributed by atoms with van der Waals surface area (Å²) < 4.78 is 4.97. The van der Waals surface area contributed by atoms with E-state index in [4.69, 9.17) is 4.74 Å². The minimum absolute atomic E-state index is 0.199. The quantitative estimate of drug-likeness (QED) is 0.547. The number of nitrogens with zero attached hydrogens (tertiary/aromatic N) is 1. The van der Waals surface area contributed by atoms with Crippen molar-refractivity contribution in [2.24, 2.45) is 0 Å². The molecule has 1 heterocycles. The van der Waals surface area contributed by atoms with Crippen molar-refractivity contribution in [2.75, 3.05) is 23.8 Å². The molecule has 1 amide bonds. The average Bonchev–Trinajstić information content (AvgIpc) is 2.69. The van der Waals surface area contributed by atoms with E-state index in [9.17, 15) is 9.59 Å². The Balaban J connectivity index is 1.71. The van der Waals surface area contributed by atoms with Crippen LogP contribution < -0.4 is 10.2 Å². The first kappa shape index (κ1) is 19.6. The van der Waals surface area contributed by atoms with Crippen molar-refractivity contribution < 1.29 is 14.3 Å². The van der Waals surface area contributed by atoms with E-state index >= 15 is 0 Å². The Kier molecular flexibility index (Phi) is 6.68. The summed E-state index contributed by atoms with van der Waals surface area (Å²) in [6.07, 6.45) is 0.261. The maximum atomic E-state index is 12.4. The van der Waals surface area contributed by atoms with E-state index < -0.39 is 12.0 Å². The number of hydrogen-bond donors (Lipinski definition) is 2. The molecule has 1 aliphatic rings. The molecular formula is C20H22N2O3S2. The SMILES string of the molecule is CCOC(=O)[C@H](CS)NC(=O)CCN1c2ccccc2Sc2ccccc21. The van der Waals surface area contributed by atoms with Gasteiger partial charge in [-0.15, -0.1) is 0 Å². The summed E-state index contributed by atoms with van der Waals surface area (Å²) >= 11 is 5.87. The van der Waals surface area contributed by atoms with Crippen molar-refractivity contribution >= 4 is 47.6 Å². The highest BCUT2D eigenvalue weighted by atomic mass is 32.2.